The molecule has 3 heterocycles. The Morgan fingerprint density at radius 3 is 2.26 bits per heavy atom. The molecule has 4 atom stereocenters. The zero-order chi connectivity index (χ0) is 31.3. The zero-order valence-corrected chi connectivity index (χ0v) is 25.0. The van der Waals surface area contributed by atoms with Gasteiger partial charge in [0.2, 0.25) is 13.6 Å². The Morgan fingerprint density at radius 2 is 1.71 bits per heavy atom. The molecule has 2 aromatic heterocycles. The Kier molecular flexibility index (Phi) is 10.5. The Morgan fingerprint density at radius 1 is 1.12 bits per heavy atom. The molecule has 1 unspecified atom stereocenters. The predicted molar refractivity (Wildman–Crippen MR) is 144 cm³/mol. The molecule has 0 amide bonds. The van der Waals surface area contributed by atoms with E-state index in [1.165, 1.54) is 17.2 Å². The first-order chi connectivity index (χ1) is 19.6. The van der Waals surface area contributed by atoms with Crippen LogP contribution in [0.5, 0.6) is 0 Å². The summed E-state index contributed by atoms with van der Waals surface area (Å²) in [5, 5.41) is 14.5. The number of anilines is 1. The summed E-state index contributed by atoms with van der Waals surface area (Å²) >= 11 is 0. The summed E-state index contributed by atoms with van der Waals surface area (Å²) in [5.74, 6) is -1.12. The predicted octanol–water partition coefficient (Wildman–Crippen LogP) is 2.64. The number of aliphatic hydroxyl groups excluding tert-OH is 1. The highest BCUT2D eigenvalue weighted by molar-refractivity contribution is 7.53. The highest BCUT2D eigenvalue weighted by Crippen LogP contribution is 2.48. The molecule has 1 aliphatic rings. The van der Waals surface area contributed by atoms with Gasteiger partial charge in [-0.3, -0.25) is 27.8 Å². The van der Waals surface area contributed by atoms with Crippen molar-refractivity contribution in [1.82, 2.24) is 19.5 Å². The number of rotatable bonds is 12. The molecular weight excluding hydrogens is 579 g/mol. The Labute approximate surface area is 240 Å². The largest absolute Gasteiger partial charge is 0.438 e. The van der Waals surface area contributed by atoms with E-state index in [2.05, 4.69) is 25.0 Å². The maximum atomic E-state index is 13.4. The van der Waals surface area contributed by atoms with Gasteiger partial charge in [0.05, 0.1) is 35.9 Å². The number of hydrogen-bond donors (Lipinski definition) is 2. The Hall–Kier alpha value is -3.37. The van der Waals surface area contributed by atoms with Crippen LogP contribution in [0.2, 0.25) is 0 Å². The Bertz CT molecular complexity index is 1330. The van der Waals surface area contributed by atoms with Gasteiger partial charge in [-0.15, -0.1) is 0 Å². The molecule has 42 heavy (non-hydrogen) atoms. The first kappa shape index (κ1) is 33.1. The normalized spacial score (nSPS) is 21.2. The molecule has 1 aliphatic heterocycles. The van der Waals surface area contributed by atoms with Gasteiger partial charge in [-0.2, -0.15) is 0 Å². The number of nitrogen functional groups attached to an aromatic ring is 1. The standard InChI is InChI=1S/C23H35N8O10P/c1-22(2,3)20(33)37-10-39-42(35,40-11-38-21(34)23(4,5)6)12-36-7-13-14(29-30-25)16(32)19(41-13)31-9-28-15-17(24)26-8-27-18(15)31/h8-9,13-14,16,19,32H,7,10-12H2,1-6H3,(H2,24,26,27)/t13-,14?,16+,19-/m1/s1. The van der Waals surface area contributed by atoms with Crippen molar-refractivity contribution in [3.8, 4) is 0 Å². The first-order valence-electron chi connectivity index (χ1n) is 12.7. The number of fused-ring (bicyclic) bond motifs is 1. The molecule has 0 spiro atoms. The van der Waals surface area contributed by atoms with Crippen molar-refractivity contribution in [1.29, 1.82) is 0 Å². The van der Waals surface area contributed by atoms with Crippen molar-refractivity contribution in [2.45, 2.75) is 66.0 Å². The second kappa shape index (κ2) is 13.3. The van der Waals surface area contributed by atoms with Crippen molar-refractivity contribution in [3.05, 3.63) is 23.1 Å². The molecular formula is C23H35N8O10P. The number of nitrogens with zero attached hydrogens (tertiary/aromatic N) is 7. The lowest BCUT2D eigenvalue weighted by molar-refractivity contribution is -0.162. The second-order valence-corrected chi connectivity index (χ2v) is 13.3. The number of carbonyl (C=O) groups excluding carboxylic acids is 2. The lowest BCUT2D eigenvalue weighted by Crippen LogP contribution is -2.32. The molecule has 0 aliphatic carbocycles. The molecule has 1 fully saturated rings. The van der Waals surface area contributed by atoms with Crippen molar-refractivity contribution >= 4 is 36.5 Å². The number of aromatic nitrogens is 4. The fourth-order valence-corrected chi connectivity index (χ4v) is 4.48. The van der Waals surface area contributed by atoms with E-state index in [-0.39, 0.29) is 23.6 Å². The van der Waals surface area contributed by atoms with Gasteiger partial charge in [0, 0.05) is 4.91 Å². The fraction of sp³-hybridized carbons (Fsp3) is 0.696. The summed E-state index contributed by atoms with van der Waals surface area (Å²) in [7, 11) is -4.19. The third kappa shape index (κ3) is 8.13. The Balaban J connectivity index is 1.69. The van der Waals surface area contributed by atoms with Gasteiger partial charge in [0.25, 0.3) is 0 Å². The summed E-state index contributed by atoms with van der Waals surface area (Å²) in [6, 6.07) is -1.13. The number of aliphatic hydroxyl groups is 1. The van der Waals surface area contributed by atoms with Gasteiger partial charge in [-0.1, -0.05) is 5.11 Å². The highest BCUT2D eigenvalue weighted by atomic mass is 31.2. The van der Waals surface area contributed by atoms with Crippen LogP contribution in [0.4, 0.5) is 5.82 Å². The van der Waals surface area contributed by atoms with Crippen LogP contribution in [-0.4, -0.2) is 81.4 Å². The topological polar surface area (TPSA) is 245 Å². The third-order valence-corrected chi connectivity index (χ3v) is 7.31. The van der Waals surface area contributed by atoms with E-state index in [4.69, 9.17) is 39.3 Å². The van der Waals surface area contributed by atoms with Gasteiger partial charge < -0.3 is 29.8 Å². The molecule has 2 aromatic rings. The van der Waals surface area contributed by atoms with E-state index in [0.717, 1.165) is 0 Å². The van der Waals surface area contributed by atoms with Crippen molar-refractivity contribution in [2.75, 3.05) is 32.3 Å². The molecule has 18 nitrogen and oxygen atoms in total. The molecule has 0 radical (unpaired) electrons. The van der Waals surface area contributed by atoms with Crippen LogP contribution >= 0.6 is 7.60 Å². The molecule has 0 aromatic carbocycles. The SMILES string of the molecule is CC(C)(C)C(=O)OCOP(=O)(COC[C@H]1O[C@@H](n2cnc3c(N)ncnc32)[C@@H](O)C1N=[N+]=[N-])OCOC(=O)C(C)(C)C. The second-order valence-electron chi connectivity index (χ2n) is 11.3. The quantitative estimate of drug-likeness (QED) is 0.0871. The average molecular weight is 615 g/mol. The van der Waals surface area contributed by atoms with Crippen LogP contribution in [0, 0.1) is 10.8 Å². The molecule has 19 heteroatoms. The summed E-state index contributed by atoms with van der Waals surface area (Å²) in [4.78, 5) is 39.1. The molecule has 3 rings (SSSR count). The van der Waals surface area contributed by atoms with E-state index in [9.17, 15) is 19.3 Å². The van der Waals surface area contributed by atoms with Gasteiger partial charge in [-0.05, 0) is 47.1 Å². The van der Waals surface area contributed by atoms with E-state index < -0.39 is 74.8 Å². The molecule has 0 bridgehead atoms. The maximum Gasteiger partial charge on any atom is 0.361 e. The number of azide groups is 1. The summed E-state index contributed by atoms with van der Waals surface area (Å²) in [6.45, 7) is 7.93. The molecule has 232 valence electrons. The summed E-state index contributed by atoms with van der Waals surface area (Å²) in [5.41, 5.74) is 13.8. The maximum absolute atomic E-state index is 13.4. The number of carbonyl (C=O) groups is 2. The molecule has 0 saturated carbocycles. The average Bonchev–Trinajstić information content (AvgIpc) is 3.45. The zero-order valence-electron chi connectivity index (χ0n) is 24.1. The number of imidazole rings is 1. The summed E-state index contributed by atoms with van der Waals surface area (Å²) < 4.78 is 46.7. The number of nitrogens with two attached hydrogens (primary N) is 1. The van der Waals surface area contributed by atoms with Crippen LogP contribution in [0.15, 0.2) is 17.8 Å². The van der Waals surface area contributed by atoms with Crippen molar-refractivity contribution < 1.29 is 47.3 Å². The van der Waals surface area contributed by atoms with Crippen LogP contribution in [0.1, 0.15) is 47.8 Å². The van der Waals surface area contributed by atoms with Gasteiger partial charge in [-0.25, -0.2) is 15.0 Å². The van der Waals surface area contributed by atoms with Gasteiger partial charge in [0.1, 0.15) is 24.3 Å². The lowest BCUT2D eigenvalue weighted by atomic mass is 9.98. The number of ether oxygens (including phenoxy) is 4. The van der Waals surface area contributed by atoms with E-state index in [1.807, 2.05) is 0 Å². The van der Waals surface area contributed by atoms with Gasteiger partial charge >= 0.3 is 19.5 Å². The molecule has 1 saturated heterocycles. The minimum atomic E-state index is -4.19. The van der Waals surface area contributed by atoms with Crippen LogP contribution in [-0.2, 0) is 42.1 Å². The van der Waals surface area contributed by atoms with E-state index in [1.54, 1.807) is 41.5 Å². The van der Waals surface area contributed by atoms with Crippen molar-refractivity contribution in [3.63, 3.8) is 0 Å². The highest BCUT2D eigenvalue weighted by Gasteiger charge is 2.45. The van der Waals surface area contributed by atoms with E-state index in [0.29, 0.717) is 0 Å². The number of hydrogen-bond acceptors (Lipinski definition) is 15. The summed E-state index contributed by atoms with van der Waals surface area (Å²) in [6.07, 6.45) is -1.61. The van der Waals surface area contributed by atoms with Crippen LogP contribution in [0.3, 0.4) is 0 Å². The monoisotopic (exact) mass is 614 g/mol. The fourth-order valence-electron chi connectivity index (χ4n) is 3.50. The van der Waals surface area contributed by atoms with Crippen LogP contribution in [0.25, 0.3) is 21.6 Å². The lowest BCUT2D eigenvalue weighted by Gasteiger charge is -2.22. The third-order valence-electron chi connectivity index (χ3n) is 5.82. The smallest absolute Gasteiger partial charge is 0.361 e. The van der Waals surface area contributed by atoms with Crippen molar-refractivity contribution in [2.24, 2.45) is 15.9 Å². The number of esters is 2. The minimum absolute atomic E-state index is 0.120. The minimum Gasteiger partial charge on any atom is -0.438 e. The van der Waals surface area contributed by atoms with E-state index >= 15 is 0 Å². The van der Waals surface area contributed by atoms with Gasteiger partial charge in [0.15, 0.2) is 17.7 Å². The molecule has 3 N–H and O–H groups in total. The first-order valence-corrected chi connectivity index (χ1v) is 14.4. The van der Waals surface area contributed by atoms with Crippen LogP contribution < -0.4 is 5.73 Å².